The smallest absolute Gasteiger partial charge is 0.154 e. The first-order chi connectivity index (χ1) is 7.48. The number of hydrogen-bond donors (Lipinski definition) is 1. The predicted octanol–water partition coefficient (Wildman–Crippen LogP) is 2.06. The summed E-state index contributed by atoms with van der Waals surface area (Å²) in [6, 6.07) is 0. The van der Waals surface area contributed by atoms with Gasteiger partial charge in [-0.15, -0.1) is 0 Å². The van der Waals surface area contributed by atoms with E-state index in [4.69, 9.17) is 5.73 Å². The van der Waals surface area contributed by atoms with Crippen molar-refractivity contribution in [3.05, 3.63) is 11.6 Å². The maximum Gasteiger partial charge on any atom is 0.154 e. The molecule has 0 saturated heterocycles. The van der Waals surface area contributed by atoms with E-state index in [2.05, 4.69) is 10.1 Å². The second-order valence-corrected chi connectivity index (χ2v) is 5.47. The van der Waals surface area contributed by atoms with Crippen LogP contribution < -0.4 is 5.73 Å². The fourth-order valence-corrected chi connectivity index (χ4v) is 2.50. The van der Waals surface area contributed by atoms with E-state index >= 15 is 0 Å². The Morgan fingerprint density at radius 3 is 2.38 bits per heavy atom. The Balaban J connectivity index is 2.23. The summed E-state index contributed by atoms with van der Waals surface area (Å²) in [5.41, 5.74) is 5.67. The summed E-state index contributed by atoms with van der Waals surface area (Å²) in [6.45, 7) is 3.95. The van der Waals surface area contributed by atoms with Crippen LogP contribution in [0.3, 0.4) is 0 Å². The zero-order valence-corrected chi connectivity index (χ0v) is 10.5. The standard InChI is InChI=1S/C12H22N4/c1-12(2,13)11-14-10(15-16(11)3)9-7-5-4-6-8-9/h9H,4-8,13H2,1-3H3. The number of aromatic nitrogens is 3. The average Bonchev–Trinajstić information content (AvgIpc) is 2.61. The topological polar surface area (TPSA) is 56.7 Å². The first kappa shape index (κ1) is 11.6. The molecule has 1 aromatic heterocycles. The lowest BCUT2D eigenvalue weighted by atomic mass is 9.89. The molecular weight excluding hydrogens is 200 g/mol. The third kappa shape index (κ3) is 2.26. The minimum Gasteiger partial charge on any atom is -0.319 e. The lowest BCUT2D eigenvalue weighted by Gasteiger charge is -2.18. The number of aryl methyl sites for hydroxylation is 1. The van der Waals surface area contributed by atoms with Crippen LogP contribution in [0.1, 0.15) is 63.5 Å². The van der Waals surface area contributed by atoms with Crippen molar-refractivity contribution in [2.24, 2.45) is 12.8 Å². The molecule has 1 aliphatic rings. The quantitative estimate of drug-likeness (QED) is 0.833. The van der Waals surface area contributed by atoms with Gasteiger partial charge in [0, 0.05) is 13.0 Å². The summed E-state index contributed by atoms with van der Waals surface area (Å²) < 4.78 is 1.84. The Kier molecular flexibility index (Phi) is 3.02. The highest BCUT2D eigenvalue weighted by Gasteiger charge is 2.25. The van der Waals surface area contributed by atoms with E-state index in [0.29, 0.717) is 5.92 Å². The zero-order valence-electron chi connectivity index (χ0n) is 10.5. The molecule has 1 aliphatic carbocycles. The van der Waals surface area contributed by atoms with E-state index in [0.717, 1.165) is 11.6 Å². The third-order valence-corrected chi connectivity index (χ3v) is 3.33. The molecule has 1 fully saturated rings. The van der Waals surface area contributed by atoms with E-state index in [1.54, 1.807) is 0 Å². The van der Waals surface area contributed by atoms with Gasteiger partial charge in [0.15, 0.2) is 5.82 Å². The van der Waals surface area contributed by atoms with Crippen molar-refractivity contribution in [2.75, 3.05) is 0 Å². The number of rotatable bonds is 2. The Morgan fingerprint density at radius 1 is 1.25 bits per heavy atom. The van der Waals surface area contributed by atoms with Crippen LogP contribution in [0.15, 0.2) is 0 Å². The number of nitrogens with zero attached hydrogens (tertiary/aromatic N) is 3. The van der Waals surface area contributed by atoms with Gasteiger partial charge in [-0.2, -0.15) is 5.10 Å². The summed E-state index contributed by atoms with van der Waals surface area (Å²) in [7, 11) is 1.93. The van der Waals surface area contributed by atoms with Crippen molar-refractivity contribution >= 4 is 0 Å². The minimum absolute atomic E-state index is 0.408. The molecule has 16 heavy (non-hydrogen) atoms. The van der Waals surface area contributed by atoms with Crippen molar-refractivity contribution in [3.8, 4) is 0 Å². The molecule has 0 aromatic carbocycles. The molecule has 0 spiro atoms. The lowest BCUT2D eigenvalue weighted by Crippen LogP contribution is -2.32. The van der Waals surface area contributed by atoms with Crippen LogP contribution in [0.5, 0.6) is 0 Å². The van der Waals surface area contributed by atoms with Crippen LogP contribution in [0.4, 0.5) is 0 Å². The zero-order chi connectivity index (χ0) is 11.8. The third-order valence-electron chi connectivity index (χ3n) is 3.33. The van der Waals surface area contributed by atoms with Crippen LogP contribution in [-0.4, -0.2) is 14.8 Å². The average molecular weight is 222 g/mol. The van der Waals surface area contributed by atoms with Crippen molar-refractivity contribution < 1.29 is 0 Å². The van der Waals surface area contributed by atoms with Crippen molar-refractivity contribution in [1.29, 1.82) is 0 Å². The molecule has 4 heteroatoms. The second kappa shape index (κ2) is 4.17. The van der Waals surface area contributed by atoms with Gasteiger partial charge in [0.1, 0.15) is 5.82 Å². The van der Waals surface area contributed by atoms with Crippen LogP contribution in [-0.2, 0) is 12.6 Å². The molecule has 4 nitrogen and oxygen atoms in total. The van der Waals surface area contributed by atoms with Gasteiger partial charge in [0.05, 0.1) is 5.54 Å². The second-order valence-electron chi connectivity index (χ2n) is 5.47. The normalized spacial score (nSPS) is 19.0. The molecule has 0 amide bonds. The van der Waals surface area contributed by atoms with E-state index in [-0.39, 0.29) is 0 Å². The van der Waals surface area contributed by atoms with Gasteiger partial charge in [-0.25, -0.2) is 4.98 Å². The highest BCUT2D eigenvalue weighted by atomic mass is 15.3. The largest absolute Gasteiger partial charge is 0.319 e. The molecule has 0 atom stereocenters. The summed E-state index contributed by atoms with van der Waals surface area (Å²) >= 11 is 0. The fourth-order valence-electron chi connectivity index (χ4n) is 2.50. The van der Waals surface area contributed by atoms with Crippen molar-refractivity contribution in [3.63, 3.8) is 0 Å². The Bertz CT molecular complexity index is 356. The highest BCUT2D eigenvalue weighted by molar-refractivity contribution is 5.06. The molecule has 2 N–H and O–H groups in total. The van der Waals surface area contributed by atoms with E-state index < -0.39 is 5.54 Å². The molecule has 90 valence electrons. The first-order valence-corrected chi connectivity index (χ1v) is 6.19. The molecule has 0 bridgehead atoms. The van der Waals surface area contributed by atoms with Crippen LogP contribution in [0.25, 0.3) is 0 Å². The van der Waals surface area contributed by atoms with E-state index in [1.165, 1.54) is 32.1 Å². The van der Waals surface area contributed by atoms with E-state index in [9.17, 15) is 0 Å². The van der Waals surface area contributed by atoms with Crippen LogP contribution in [0.2, 0.25) is 0 Å². The summed E-state index contributed by atoms with van der Waals surface area (Å²) in [5, 5.41) is 4.53. The minimum atomic E-state index is -0.408. The molecule has 1 saturated carbocycles. The molecule has 1 heterocycles. The molecule has 1 aromatic rings. The number of hydrogen-bond acceptors (Lipinski definition) is 3. The van der Waals surface area contributed by atoms with Crippen LogP contribution in [0, 0.1) is 0 Å². The Hall–Kier alpha value is -0.900. The molecular formula is C12H22N4. The van der Waals surface area contributed by atoms with Gasteiger partial charge in [0.25, 0.3) is 0 Å². The maximum absolute atomic E-state index is 6.08. The predicted molar refractivity (Wildman–Crippen MR) is 64.0 cm³/mol. The lowest BCUT2D eigenvalue weighted by molar-refractivity contribution is 0.427. The summed E-state index contributed by atoms with van der Waals surface area (Å²) in [6.07, 6.45) is 6.44. The van der Waals surface area contributed by atoms with Gasteiger partial charge in [-0.3, -0.25) is 4.68 Å². The molecule has 0 aliphatic heterocycles. The maximum atomic E-state index is 6.08. The summed E-state index contributed by atoms with van der Waals surface area (Å²) in [4.78, 5) is 4.63. The van der Waals surface area contributed by atoms with Crippen LogP contribution >= 0.6 is 0 Å². The SMILES string of the molecule is Cn1nc(C2CCCCC2)nc1C(C)(C)N. The van der Waals surface area contributed by atoms with Gasteiger partial charge in [-0.1, -0.05) is 19.3 Å². The molecule has 0 unspecified atom stereocenters. The van der Waals surface area contributed by atoms with Gasteiger partial charge in [-0.05, 0) is 26.7 Å². The molecule has 0 radical (unpaired) electrons. The van der Waals surface area contributed by atoms with E-state index in [1.807, 2.05) is 25.6 Å². The van der Waals surface area contributed by atoms with Gasteiger partial charge >= 0.3 is 0 Å². The Morgan fingerprint density at radius 2 is 1.88 bits per heavy atom. The van der Waals surface area contributed by atoms with Crippen molar-refractivity contribution in [1.82, 2.24) is 14.8 Å². The van der Waals surface area contributed by atoms with Gasteiger partial charge in [0.2, 0.25) is 0 Å². The molecule has 2 rings (SSSR count). The first-order valence-electron chi connectivity index (χ1n) is 6.19. The fraction of sp³-hybridized carbons (Fsp3) is 0.833. The monoisotopic (exact) mass is 222 g/mol. The van der Waals surface area contributed by atoms with Crippen molar-refractivity contribution in [2.45, 2.75) is 57.4 Å². The Labute approximate surface area is 97.2 Å². The highest BCUT2D eigenvalue weighted by Crippen LogP contribution is 2.31. The number of nitrogens with two attached hydrogens (primary N) is 1. The van der Waals surface area contributed by atoms with Gasteiger partial charge < -0.3 is 5.73 Å². The summed E-state index contributed by atoms with van der Waals surface area (Å²) in [5.74, 6) is 2.43.